The standard InChI is InChI=1S/C57H108NO8P/c1-3-5-7-9-11-13-15-17-19-21-23-25-27-29-31-33-35-37-39-41-43-45-47-49-56(59)63-53-55(54-65-67(61,62)64-52-51-58)66-57(60)50-48-46-44-42-40-38-36-34-32-30-28-26-24-22-20-18-16-14-12-10-8-6-4-2/h16,18,22,24,28,30,55H,3-15,17,19-21,23,25-27,29,31-54,58H2,1-2H3,(H,61,62)/b18-16-,24-22-,30-28-. The number of allylic oxidation sites excluding steroid dienone is 6. The number of hydrogen-bond acceptors (Lipinski definition) is 8. The van der Waals surface area contributed by atoms with Crippen LogP contribution in [-0.2, 0) is 32.7 Å². The summed E-state index contributed by atoms with van der Waals surface area (Å²) in [5.74, 6) is -0.822. The summed E-state index contributed by atoms with van der Waals surface area (Å²) in [4.78, 5) is 35.2. The molecule has 0 heterocycles. The molecule has 2 unspecified atom stereocenters. The minimum absolute atomic E-state index is 0.0530. The molecule has 0 aliphatic heterocycles. The van der Waals surface area contributed by atoms with Crippen molar-refractivity contribution in [2.24, 2.45) is 5.73 Å². The fraction of sp³-hybridized carbons (Fsp3) is 0.860. The van der Waals surface area contributed by atoms with Crippen LogP contribution in [0.1, 0.15) is 284 Å². The Balaban J connectivity index is 3.98. The average molecular weight is 966 g/mol. The van der Waals surface area contributed by atoms with E-state index in [-0.39, 0.29) is 38.6 Å². The van der Waals surface area contributed by atoms with Crippen LogP contribution in [0.5, 0.6) is 0 Å². The number of unbranched alkanes of at least 4 members (excludes halogenated alkanes) is 35. The summed E-state index contributed by atoms with van der Waals surface area (Å²) in [6.07, 6.45) is 63.4. The Labute approximate surface area is 414 Å². The second-order valence-electron chi connectivity index (χ2n) is 19.2. The number of ether oxygens (including phenoxy) is 2. The number of esters is 2. The Morgan fingerprint density at radius 2 is 0.776 bits per heavy atom. The summed E-state index contributed by atoms with van der Waals surface area (Å²) in [6, 6.07) is 0. The van der Waals surface area contributed by atoms with Crippen molar-refractivity contribution in [2.45, 2.75) is 290 Å². The van der Waals surface area contributed by atoms with Crippen LogP contribution in [0.4, 0.5) is 0 Å². The maximum absolute atomic E-state index is 12.7. The van der Waals surface area contributed by atoms with Crippen molar-refractivity contribution < 1.29 is 37.6 Å². The third-order valence-electron chi connectivity index (χ3n) is 12.5. The van der Waals surface area contributed by atoms with Gasteiger partial charge in [-0.25, -0.2) is 4.57 Å². The Hall–Kier alpha value is -1.77. The lowest BCUT2D eigenvalue weighted by atomic mass is 10.0. The smallest absolute Gasteiger partial charge is 0.462 e. The maximum atomic E-state index is 12.7. The number of phosphoric ester groups is 1. The van der Waals surface area contributed by atoms with Gasteiger partial charge in [-0.2, -0.15) is 0 Å². The number of phosphoric acid groups is 1. The van der Waals surface area contributed by atoms with Crippen LogP contribution < -0.4 is 5.73 Å². The van der Waals surface area contributed by atoms with Gasteiger partial charge in [0.15, 0.2) is 6.10 Å². The highest BCUT2D eigenvalue weighted by Crippen LogP contribution is 2.43. The van der Waals surface area contributed by atoms with Crippen molar-refractivity contribution >= 4 is 19.8 Å². The molecular formula is C57H108NO8P. The van der Waals surface area contributed by atoms with Crippen LogP contribution in [0.25, 0.3) is 0 Å². The lowest BCUT2D eigenvalue weighted by Gasteiger charge is -2.19. The molecule has 3 N–H and O–H groups in total. The van der Waals surface area contributed by atoms with Gasteiger partial charge in [0.2, 0.25) is 0 Å². The number of carbonyl (C=O) groups excluding carboxylic acids is 2. The van der Waals surface area contributed by atoms with E-state index in [9.17, 15) is 19.0 Å². The highest BCUT2D eigenvalue weighted by molar-refractivity contribution is 7.47. The van der Waals surface area contributed by atoms with E-state index in [4.69, 9.17) is 24.3 Å². The summed E-state index contributed by atoms with van der Waals surface area (Å²) in [7, 11) is -4.39. The molecule has 0 fully saturated rings. The van der Waals surface area contributed by atoms with Crippen molar-refractivity contribution in [2.75, 3.05) is 26.4 Å². The van der Waals surface area contributed by atoms with E-state index in [0.29, 0.717) is 6.42 Å². The average Bonchev–Trinajstić information content (AvgIpc) is 3.32. The molecule has 0 aliphatic rings. The highest BCUT2D eigenvalue weighted by Gasteiger charge is 2.26. The molecule has 0 bridgehead atoms. The molecule has 10 heteroatoms. The second-order valence-corrected chi connectivity index (χ2v) is 20.6. The van der Waals surface area contributed by atoms with E-state index in [1.54, 1.807) is 0 Å². The summed E-state index contributed by atoms with van der Waals surface area (Å²) in [5.41, 5.74) is 5.38. The quantitative estimate of drug-likeness (QED) is 0.0264. The number of carbonyl (C=O) groups is 2. The van der Waals surface area contributed by atoms with Crippen LogP contribution in [-0.4, -0.2) is 49.3 Å². The molecule has 0 amide bonds. The largest absolute Gasteiger partial charge is 0.472 e. The SMILES string of the molecule is CCCCCCC/C=C\C/C=C\C/C=C\CCCCCCCCCCC(=O)OC(COC(=O)CCCCCCCCCCCCCCCCCCCCCCCCC)COP(=O)(O)OCCN. The van der Waals surface area contributed by atoms with Crippen LogP contribution >= 0.6 is 7.82 Å². The first-order valence-corrected chi connectivity index (χ1v) is 30.0. The first-order valence-electron chi connectivity index (χ1n) is 28.5. The van der Waals surface area contributed by atoms with Crippen molar-refractivity contribution in [3.05, 3.63) is 36.5 Å². The van der Waals surface area contributed by atoms with E-state index < -0.39 is 26.5 Å². The normalized spacial score (nSPS) is 13.3. The fourth-order valence-electron chi connectivity index (χ4n) is 8.29. The van der Waals surface area contributed by atoms with Crippen LogP contribution in [0, 0.1) is 0 Å². The lowest BCUT2D eigenvalue weighted by Crippen LogP contribution is -2.29. The van der Waals surface area contributed by atoms with Gasteiger partial charge in [-0.05, 0) is 51.4 Å². The molecular weight excluding hydrogens is 858 g/mol. The topological polar surface area (TPSA) is 134 Å². The van der Waals surface area contributed by atoms with Crippen LogP contribution in [0.15, 0.2) is 36.5 Å². The molecule has 9 nitrogen and oxygen atoms in total. The number of hydrogen-bond donors (Lipinski definition) is 2. The van der Waals surface area contributed by atoms with E-state index in [0.717, 1.165) is 57.8 Å². The first-order chi connectivity index (χ1) is 32.8. The van der Waals surface area contributed by atoms with Gasteiger partial charge >= 0.3 is 19.8 Å². The van der Waals surface area contributed by atoms with E-state index in [1.165, 1.54) is 193 Å². The van der Waals surface area contributed by atoms with Crippen molar-refractivity contribution in [3.63, 3.8) is 0 Å². The first kappa shape index (κ1) is 65.2. The predicted molar refractivity (Wildman–Crippen MR) is 284 cm³/mol. The fourth-order valence-corrected chi connectivity index (χ4v) is 9.06. The Morgan fingerprint density at radius 1 is 0.448 bits per heavy atom. The molecule has 2 atom stereocenters. The molecule has 394 valence electrons. The van der Waals surface area contributed by atoms with E-state index in [1.807, 2.05) is 0 Å². The molecule has 0 saturated heterocycles. The highest BCUT2D eigenvalue weighted by atomic mass is 31.2. The minimum Gasteiger partial charge on any atom is -0.462 e. The zero-order valence-corrected chi connectivity index (χ0v) is 44.8. The number of nitrogens with two attached hydrogens (primary N) is 1. The summed E-state index contributed by atoms with van der Waals surface area (Å²) in [6.45, 7) is 3.77. The third-order valence-corrected chi connectivity index (χ3v) is 13.5. The van der Waals surface area contributed by atoms with Gasteiger partial charge in [0.05, 0.1) is 13.2 Å². The molecule has 0 rings (SSSR count). The van der Waals surface area contributed by atoms with E-state index >= 15 is 0 Å². The molecule has 0 saturated carbocycles. The lowest BCUT2D eigenvalue weighted by molar-refractivity contribution is -0.161. The Morgan fingerprint density at radius 3 is 1.15 bits per heavy atom. The monoisotopic (exact) mass is 966 g/mol. The van der Waals surface area contributed by atoms with Gasteiger partial charge in [-0.15, -0.1) is 0 Å². The Kier molecular flexibility index (Phi) is 52.2. The zero-order chi connectivity index (χ0) is 48.8. The minimum atomic E-state index is -4.39. The zero-order valence-electron chi connectivity index (χ0n) is 43.9. The Bertz CT molecular complexity index is 1190. The second kappa shape index (κ2) is 53.6. The van der Waals surface area contributed by atoms with Crippen molar-refractivity contribution in [1.29, 1.82) is 0 Å². The van der Waals surface area contributed by atoms with Gasteiger partial charge in [0, 0.05) is 19.4 Å². The van der Waals surface area contributed by atoms with Crippen LogP contribution in [0.3, 0.4) is 0 Å². The van der Waals surface area contributed by atoms with Gasteiger partial charge < -0.3 is 20.1 Å². The molecule has 0 aromatic carbocycles. The van der Waals surface area contributed by atoms with E-state index in [2.05, 4.69) is 50.3 Å². The molecule has 0 aliphatic carbocycles. The number of rotatable bonds is 54. The molecule has 67 heavy (non-hydrogen) atoms. The summed E-state index contributed by atoms with van der Waals surface area (Å²) < 4.78 is 33.0. The molecule has 0 spiro atoms. The van der Waals surface area contributed by atoms with Crippen molar-refractivity contribution in [1.82, 2.24) is 0 Å². The molecule has 0 aromatic heterocycles. The summed E-state index contributed by atoms with van der Waals surface area (Å²) in [5, 5.41) is 0. The molecule has 0 aromatic rings. The van der Waals surface area contributed by atoms with Gasteiger partial charge in [0.25, 0.3) is 0 Å². The van der Waals surface area contributed by atoms with Gasteiger partial charge in [-0.3, -0.25) is 18.6 Å². The van der Waals surface area contributed by atoms with Gasteiger partial charge in [0.1, 0.15) is 6.61 Å². The summed E-state index contributed by atoms with van der Waals surface area (Å²) >= 11 is 0. The van der Waals surface area contributed by atoms with Crippen LogP contribution in [0.2, 0.25) is 0 Å². The molecule has 0 radical (unpaired) electrons. The predicted octanol–water partition coefficient (Wildman–Crippen LogP) is 17.6. The van der Waals surface area contributed by atoms with Crippen molar-refractivity contribution in [3.8, 4) is 0 Å². The maximum Gasteiger partial charge on any atom is 0.472 e. The van der Waals surface area contributed by atoms with Gasteiger partial charge in [-0.1, -0.05) is 256 Å². The third kappa shape index (κ3) is 53.4.